The number of nitrogens with zero attached hydrogens (tertiary/aromatic N) is 1. The lowest BCUT2D eigenvalue weighted by atomic mass is 10.2. The first-order valence-electron chi connectivity index (χ1n) is 6.74. The van der Waals surface area contributed by atoms with E-state index >= 15 is 0 Å². The molecule has 0 aliphatic heterocycles. The summed E-state index contributed by atoms with van der Waals surface area (Å²) in [5.41, 5.74) is 0. The first kappa shape index (κ1) is 17.0. The largest absolute Gasteiger partial charge is 0.246 e. The molecule has 1 rings (SSSR count). The molecule has 3 nitrogen and oxygen atoms in total. The average Bonchev–Trinajstić information content (AvgIpc) is 2.40. The van der Waals surface area contributed by atoms with Crippen LogP contribution in [0, 0.1) is 11.6 Å². The van der Waals surface area contributed by atoms with E-state index in [9.17, 15) is 17.2 Å². The van der Waals surface area contributed by atoms with Gasteiger partial charge in [0.1, 0.15) is 16.5 Å². The van der Waals surface area contributed by atoms with Crippen molar-refractivity contribution >= 4 is 10.0 Å². The van der Waals surface area contributed by atoms with Crippen molar-refractivity contribution in [2.45, 2.75) is 57.5 Å². The Labute approximate surface area is 119 Å². The van der Waals surface area contributed by atoms with Gasteiger partial charge in [0.2, 0.25) is 10.0 Å². The smallest absolute Gasteiger partial charge is 0.207 e. The molecule has 0 saturated heterocycles. The summed E-state index contributed by atoms with van der Waals surface area (Å²) in [5.74, 6) is -1.69. The summed E-state index contributed by atoms with van der Waals surface area (Å²) in [6, 6.07) is 1.93. The second-order valence-electron chi connectivity index (χ2n) is 4.92. The normalized spacial score (nSPS) is 15.3. The Balaban J connectivity index is 3.40. The molecule has 6 heteroatoms. The van der Waals surface area contributed by atoms with Crippen LogP contribution >= 0.6 is 0 Å². The van der Waals surface area contributed by atoms with Gasteiger partial charge in [-0.15, -0.1) is 0 Å². The second-order valence-corrected chi connectivity index (χ2v) is 6.74. The van der Waals surface area contributed by atoms with Gasteiger partial charge in [-0.2, -0.15) is 4.31 Å². The van der Waals surface area contributed by atoms with Crippen molar-refractivity contribution in [1.29, 1.82) is 0 Å². The Hall–Kier alpha value is -1.01. The fourth-order valence-electron chi connectivity index (χ4n) is 2.06. The molecule has 0 heterocycles. The molecular formula is C14H21F2NO2S. The Kier molecular flexibility index (Phi) is 5.65. The number of hydrogen-bond donors (Lipinski definition) is 0. The van der Waals surface area contributed by atoms with Gasteiger partial charge < -0.3 is 0 Å². The molecule has 2 unspecified atom stereocenters. The highest BCUT2D eigenvalue weighted by molar-refractivity contribution is 7.89. The third kappa shape index (κ3) is 3.35. The van der Waals surface area contributed by atoms with Crippen LogP contribution in [0.25, 0.3) is 0 Å². The van der Waals surface area contributed by atoms with E-state index in [-0.39, 0.29) is 12.1 Å². The fraction of sp³-hybridized carbons (Fsp3) is 0.571. The van der Waals surface area contributed by atoms with E-state index in [0.717, 1.165) is 18.2 Å². The summed E-state index contributed by atoms with van der Waals surface area (Å²) < 4.78 is 53.6. The number of rotatable bonds is 6. The molecule has 114 valence electrons. The average molecular weight is 305 g/mol. The molecule has 0 radical (unpaired) electrons. The van der Waals surface area contributed by atoms with Gasteiger partial charge >= 0.3 is 0 Å². The van der Waals surface area contributed by atoms with Crippen molar-refractivity contribution in [3.63, 3.8) is 0 Å². The summed E-state index contributed by atoms with van der Waals surface area (Å²) in [6.45, 7) is 7.25. The van der Waals surface area contributed by atoms with Crippen LogP contribution in [-0.2, 0) is 10.0 Å². The molecule has 0 bridgehead atoms. The van der Waals surface area contributed by atoms with Crippen molar-refractivity contribution in [2.75, 3.05) is 0 Å². The van der Waals surface area contributed by atoms with Gasteiger partial charge in [0.25, 0.3) is 0 Å². The van der Waals surface area contributed by atoms with Crippen molar-refractivity contribution < 1.29 is 17.2 Å². The van der Waals surface area contributed by atoms with Crippen LogP contribution in [0.2, 0.25) is 0 Å². The van der Waals surface area contributed by atoms with Crippen LogP contribution in [0.4, 0.5) is 8.78 Å². The van der Waals surface area contributed by atoms with E-state index < -0.39 is 26.6 Å². The van der Waals surface area contributed by atoms with Crippen molar-refractivity contribution in [1.82, 2.24) is 4.31 Å². The van der Waals surface area contributed by atoms with Gasteiger partial charge in [-0.05, 0) is 44.9 Å². The third-order valence-corrected chi connectivity index (χ3v) is 5.64. The summed E-state index contributed by atoms with van der Waals surface area (Å²) in [5, 5.41) is 0. The highest BCUT2D eigenvalue weighted by Crippen LogP contribution is 2.26. The van der Waals surface area contributed by atoms with E-state index in [1.165, 1.54) is 4.31 Å². The lowest BCUT2D eigenvalue weighted by Crippen LogP contribution is -2.44. The topological polar surface area (TPSA) is 37.4 Å². The molecule has 20 heavy (non-hydrogen) atoms. The van der Waals surface area contributed by atoms with Crippen LogP contribution in [0.3, 0.4) is 0 Å². The standard InChI is InChI=1S/C14H21F2NO2S/c1-5-10(3)17(11(4)6-2)20(18,19)14-9-12(15)7-8-13(14)16/h7-11H,5-6H2,1-4H3. The summed E-state index contributed by atoms with van der Waals surface area (Å²) in [7, 11) is -4.06. The van der Waals surface area contributed by atoms with E-state index in [4.69, 9.17) is 0 Å². The van der Waals surface area contributed by atoms with Gasteiger partial charge in [0, 0.05) is 12.1 Å². The molecule has 0 aliphatic rings. The van der Waals surface area contributed by atoms with Crippen molar-refractivity contribution in [3.05, 3.63) is 29.8 Å². The fourth-order valence-corrected chi connectivity index (χ4v) is 4.11. The zero-order valence-corrected chi connectivity index (χ0v) is 13.0. The number of benzene rings is 1. The minimum atomic E-state index is -4.06. The zero-order chi connectivity index (χ0) is 15.5. The summed E-state index contributed by atoms with van der Waals surface area (Å²) >= 11 is 0. The molecule has 0 spiro atoms. The van der Waals surface area contributed by atoms with Crippen LogP contribution in [-0.4, -0.2) is 24.8 Å². The Morgan fingerprint density at radius 2 is 1.60 bits per heavy atom. The summed E-state index contributed by atoms with van der Waals surface area (Å²) in [4.78, 5) is -0.599. The first-order chi connectivity index (χ1) is 9.25. The van der Waals surface area contributed by atoms with Crippen molar-refractivity contribution in [3.8, 4) is 0 Å². The summed E-state index contributed by atoms with van der Waals surface area (Å²) in [6.07, 6.45) is 1.20. The molecule has 0 aromatic heterocycles. The Morgan fingerprint density at radius 3 is 2.05 bits per heavy atom. The zero-order valence-electron chi connectivity index (χ0n) is 12.2. The number of hydrogen-bond acceptors (Lipinski definition) is 2. The van der Waals surface area contributed by atoms with E-state index in [1.807, 2.05) is 13.8 Å². The minimum Gasteiger partial charge on any atom is -0.207 e. The molecule has 0 amide bonds. The lowest BCUT2D eigenvalue weighted by molar-refractivity contribution is 0.261. The molecule has 2 atom stereocenters. The highest BCUT2D eigenvalue weighted by Gasteiger charge is 2.34. The van der Waals surface area contributed by atoms with Gasteiger partial charge in [0.05, 0.1) is 0 Å². The maximum absolute atomic E-state index is 13.8. The van der Waals surface area contributed by atoms with Gasteiger partial charge in [0.15, 0.2) is 0 Å². The maximum Gasteiger partial charge on any atom is 0.246 e. The van der Waals surface area contributed by atoms with Gasteiger partial charge in [-0.3, -0.25) is 0 Å². The number of halogens is 2. The molecular weight excluding hydrogens is 284 g/mol. The van der Waals surface area contributed by atoms with E-state index in [1.54, 1.807) is 13.8 Å². The molecule has 0 saturated carbocycles. The molecule has 0 fully saturated rings. The molecule has 0 aliphatic carbocycles. The maximum atomic E-state index is 13.8. The van der Waals surface area contributed by atoms with Crippen LogP contribution in [0.5, 0.6) is 0 Å². The molecule has 1 aromatic rings. The monoisotopic (exact) mass is 305 g/mol. The quantitative estimate of drug-likeness (QED) is 0.806. The third-order valence-electron chi connectivity index (χ3n) is 3.50. The first-order valence-corrected chi connectivity index (χ1v) is 8.18. The highest BCUT2D eigenvalue weighted by atomic mass is 32.2. The Bertz CT molecular complexity index is 550. The number of sulfonamides is 1. The van der Waals surface area contributed by atoms with Crippen LogP contribution < -0.4 is 0 Å². The van der Waals surface area contributed by atoms with Gasteiger partial charge in [-0.1, -0.05) is 13.8 Å². The van der Waals surface area contributed by atoms with E-state index in [0.29, 0.717) is 12.8 Å². The molecule has 1 aromatic carbocycles. The van der Waals surface area contributed by atoms with Crippen LogP contribution in [0.1, 0.15) is 40.5 Å². The SMILES string of the molecule is CCC(C)N(C(C)CC)S(=O)(=O)c1cc(F)ccc1F. The van der Waals surface area contributed by atoms with E-state index in [2.05, 4.69) is 0 Å². The predicted molar refractivity (Wildman–Crippen MR) is 74.9 cm³/mol. The Morgan fingerprint density at radius 1 is 1.10 bits per heavy atom. The van der Waals surface area contributed by atoms with Crippen LogP contribution in [0.15, 0.2) is 23.1 Å². The lowest BCUT2D eigenvalue weighted by Gasteiger charge is -2.32. The van der Waals surface area contributed by atoms with Gasteiger partial charge in [-0.25, -0.2) is 17.2 Å². The predicted octanol–water partition coefficient (Wildman–Crippen LogP) is 3.55. The molecule has 0 N–H and O–H groups in total. The van der Waals surface area contributed by atoms with Crippen molar-refractivity contribution in [2.24, 2.45) is 0 Å². The minimum absolute atomic E-state index is 0.280. The second kappa shape index (κ2) is 6.63.